The molecule has 0 aromatic carbocycles. The Bertz CT molecular complexity index is 1350. The van der Waals surface area contributed by atoms with Gasteiger partial charge in [0.1, 0.15) is 13.7 Å². The van der Waals surface area contributed by atoms with Crippen molar-refractivity contribution in [2.24, 2.45) is 0 Å². The van der Waals surface area contributed by atoms with Crippen molar-refractivity contribution in [3.8, 4) is 11.5 Å². The van der Waals surface area contributed by atoms with Crippen molar-refractivity contribution in [3.05, 3.63) is 28.2 Å². The molecule has 10 heteroatoms. The lowest BCUT2D eigenvalue weighted by atomic mass is 9.90. The standard InChI is InChI=1S/C31H47N5O3SSi/c1-20(2)41(21(3)4,22(5)6)17-16-23-18-29(39)36(30-26(23)19-32-31(34-30)40-9)25-12-10-24(11-13-25)33-27(37)14-15-28(38)35(7)8/h18-22,24-25H,10-15H2,1-9H3,(H,33,37). The van der Waals surface area contributed by atoms with E-state index in [0.29, 0.717) is 33.0 Å². The van der Waals surface area contributed by atoms with Crippen LogP contribution in [0, 0.1) is 11.5 Å². The van der Waals surface area contributed by atoms with Crippen LogP contribution in [0.3, 0.4) is 0 Å². The minimum absolute atomic E-state index is 0.0180. The Morgan fingerprint density at radius 1 is 1.07 bits per heavy atom. The Kier molecular flexibility index (Phi) is 11.2. The largest absolute Gasteiger partial charge is 0.353 e. The van der Waals surface area contributed by atoms with E-state index in [1.165, 1.54) is 16.7 Å². The van der Waals surface area contributed by atoms with E-state index in [-0.39, 0.29) is 42.3 Å². The summed E-state index contributed by atoms with van der Waals surface area (Å²) < 4.78 is 1.83. The van der Waals surface area contributed by atoms with Crippen LogP contribution >= 0.6 is 11.8 Å². The van der Waals surface area contributed by atoms with Crippen LogP contribution < -0.4 is 10.9 Å². The summed E-state index contributed by atoms with van der Waals surface area (Å²) in [5, 5.41) is 4.52. The Hall–Kier alpha value is -2.64. The van der Waals surface area contributed by atoms with E-state index in [1.807, 2.05) is 17.0 Å². The number of hydrogen-bond acceptors (Lipinski definition) is 6. The zero-order valence-corrected chi connectivity index (χ0v) is 28.0. The summed E-state index contributed by atoms with van der Waals surface area (Å²) in [4.78, 5) is 48.8. The molecule has 2 heterocycles. The molecule has 0 unspecified atom stereocenters. The zero-order valence-electron chi connectivity index (χ0n) is 26.2. The molecule has 1 saturated carbocycles. The van der Waals surface area contributed by atoms with Crippen molar-refractivity contribution >= 4 is 42.7 Å². The van der Waals surface area contributed by atoms with Gasteiger partial charge in [-0.2, -0.15) is 0 Å². The number of nitrogens with one attached hydrogen (secondary N) is 1. The minimum Gasteiger partial charge on any atom is -0.353 e. The summed E-state index contributed by atoms with van der Waals surface area (Å²) in [6, 6.07) is 1.70. The summed E-state index contributed by atoms with van der Waals surface area (Å²) in [7, 11) is 1.39. The zero-order chi connectivity index (χ0) is 30.5. The highest BCUT2D eigenvalue weighted by Gasteiger charge is 2.41. The second-order valence-electron chi connectivity index (χ2n) is 12.4. The molecule has 0 spiro atoms. The van der Waals surface area contributed by atoms with Crippen LogP contribution in [-0.2, 0) is 9.59 Å². The second-order valence-corrected chi connectivity index (χ2v) is 18.7. The van der Waals surface area contributed by atoms with Gasteiger partial charge in [0, 0.05) is 56.8 Å². The molecule has 8 nitrogen and oxygen atoms in total. The average Bonchev–Trinajstić information content (AvgIpc) is 2.91. The van der Waals surface area contributed by atoms with Crippen LogP contribution in [0.5, 0.6) is 0 Å². The van der Waals surface area contributed by atoms with E-state index in [4.69, 9.17) is 4.98 Å². The monoisotopic (exact) mass is 597 g/mol. The van der Waals surface area contributed by atoms with Gasteiger partial charge in [0.05, 0.1) is 5.39 Å². The summed E-state index contributed by atoms with van der Waals surface area (Å²) in [6.45, 7) is 13.7. The van der Waals surface area contributed by atoms with E-state index in [1.54, 1.807) is 20.2 Å². The molecule has 41 heavy (non-hydrogen) atoms. The summed E-state index contributed by atoms with van der Waals surface area (Å²) in [6.07, 6.45) is 7.18. The number of fused-ring (bicyclic) bond motifs is 1. The maximum atomic E-state index is 13.7. The predicted octanol–water partition coefficient (Wildman–Crippen LogP) is 5.55. The molecule has 224 valence electrons. The first-order chi connectivity index (χ1) is 19.3. The number of nitrogens with zero attached hydrogens (tertiary/aromatic N) is 4. The Labute approximate surface area is 250 Å². The van der Waals surface area contributed by atoms with Crippen molar-refractivity contribution < 1.29 is 9.59 Å². The van der Waals surface area contributed by atoms with Crippen LogP contribution in [0.2, 0.25) is 16.6 Å². The molecule has 0 bridgehead atoms. The van der Waals surface area contributed by atoms with Gasteiger partial charge in [0.2, 0.25) is 11.8 Å². The van der Waals surface area contributed by atoms with Crippen molar-refractivity contribution in [2.45, 2.75) is 114 Å². The Morgan fingerprint density at radius 2 is 1.68 bits per heavy atom. The van der Waals surface area contributed by atoms with Gasteiger partial charge in [0.25, 0.3) is 5.56 Å². The third-order valence-corrected chi connectivity index (χ3v) is 15.6. The number of thioether (sulfide) groups is 1. The van der Waals surface area contributed by atoms with Gasteiger partial charge in [-0.25, -0.2) is 9.97 Å². The maximum Gasteiger partial charge on any atom is 0.253 e. The molecule has 0 atom stereocenters. The first-order valence-electron chi connectivity index (χ1n) is 14.8. The molecule has 2 aromatic heterocycles. The SMILES string of the molecule is CSc1ncc2c(C#C[Si](C(C)C)(C(C)C)C(C)C)cc(=O)n(C3CCC(NC(=O)CCC(=O)N(C)C)CC3)c2n1. The van der Waals surface area contributed by atoms with Crippen molar-refractivity contribution in [1.29, 1.82) is 0 Å². The highest BCUT2D eigenvalue weighted by Crippen LogP contribution is 2.41. The number of amides is 2. The quantitative estimate of drug-likeness (QED) is 0.176. The highest BCUT2D eigenvalue weighted by molar-refractivity contribution is 7.98. The van der Waals surface area contributed by atoms with Gasteiger partial charge < -0.3 is 10.2 Å². The molecule has 1 aliphatic rings. The smallest absolute Gasteiger partial charge is 0.253 e. The fourth-order valence-corrected chi connectivity index (χ4v) is 12.0. The predicted molar refractivity (Wildman–Crippen MR) is 171 cm³/mol. The Balaban J connectivity index is 1.91. The summed E-state index contributed by atoms with van der Waals surface area (Å²) in [5.41, 5.74) is 6.49. The molecule has 1 fully saturated rings. The average molecular weight is 598 g/mol. The third kappa shape index (κ3) is 7.42. The molecule has 2 amide bonds. The van der Waals surface area contributed by atoms with Gasteiger partial charge in [0.15, 0.2) is 5.16 Å². The lowest BCUT2D eigenvalue weighted by Crippen LogP contribution is -2.43. The first-order valence-corrected chi connectivity index (χ1v) is 18.3. The van der Waals surface area contributed by atoms with Gasteiger partial charge in [-0.1, -0.05) is 59.2 Å². The highest BCUT2D eigenvalue weighted by atomic mass is 32.2. The lowest BCUT2D eigenvalue weighted by molar-refractivity contribution is -0.131. The second kappa shape index (κ2) is 14.0. The third-order valence-electron chi connectivity index (χ3n) is 8.72. The fraction of sp³-hybridized carbons (Fsp3) is 0.645. The molecule has 1 N–H and O–H groups in total. The molecule has 0 radical (unpaired) electrons. The molecule has 1 aliphatic carbocycles. The molecule has 0 aliphatic heterocycles. The van der Waals surface area contributed by atoms with Gasteiger partial charge >= 0.3 is 0 Å². The van der Waals surface area contributed by atoms with Gasteiger partial charge in [-0.3, -0.25) is 19.0 Å². The van der Waals surface area contributed by atoms with Crippen LogP contribution in [-0.4, -0.2) is 65.7 Å². The maximum absolute atomic E-state index is 13.7. The number of hydrogen-bond donors (Lipinski definition) is 1. The lowest BCUT2D eigenvalue weighted by Gasteiger charge is -2.38. The molecule has 0 saturated heterocycles. The molecule has 3 rings (SSSR count). The van der Waals surface area contributed by atoms with E-state index in [2.05, 4.69) is 63.3 Å². The number of carbonyl (C=O) groups is 2. The number of carbonyl (C=O) groups excluding carboxylic acids is 2. The molecular formula is C31H47N5O3SSi. The summed E-state index contributed by atoms with van der Waals surface area (Å²) >= 11 is 1.45. The minimum atomic E-state index is -1.99. The summed E-state index contributed by atoms with van der Waals surface area (Å²) in [5.74, 6) is 3.32. The van der Waals surface area contributed by atoms with E-state index < -0.39 is 8.07 Å². The fourth-order valence-electron chi connectivity index (χ4n) is 6.49. The first kappa shape index (κ1) is 32.9. The van der Waals surface area contributed by atoms with E-state index >= 15 is 0 Å². The normalized spacial score (nSPS) is 17.6. The molecular weight excluding hydrogens is 551 g/mol. The Morgan fingerprint density at radius 3 is 2.22 bits per heavy atom. The topological polar surface area (TPSA) is 97.2 Å². The van der Waals surface area contributed by atoms with Crippen molar-refractivity contribution in [1.82, 2.24) is 24.8 Å². The van der Waals surface area contributed by atoms with Crippen LogP contribution in [0.25, 0.3) is 11.0 Å². The van der Waals surface area contributed by atoms with E-state index in [0.717, 1.165) is 31.1 Å². The van der Waals surface area contributed by atoms with Gasteiger partial charge in [-0.05, 0) is 48.6 Å². The number of rotatable bonds is 9. The van der Waals surface area contributed by atoms with E-state index in [9.17, 15) is 14.4 Å². The van der Waals surface area contributed by atoms with Crippen LogP contribution in [0.15, 0.2) is 22.2 Å². The van der Waals surface area contributed by atoms with Crippen molar-refractivity contribution in [3.63, 3.8) is 0 Å². The van der Waals surface area contributed by atoms with Gasteiger partial charge in [-0.15, -0.1) is 5.54 Å². The van der Waals surface area contributed by atoms with Crippen LogP contribution in [0.4, 0.5) is 0 Å². The number of aromatic nitrogens is 3. The van der Waals surface area contributed by atoms with Crippen molar-refractivity contribution in [2.75, 3.05) is 20.4 Å². The van der Waals surface area contributed by atoms with Crippen LogP contribution in [0.1, 0.15) is 91.7 Å². The molecule has 2 aromatic rings. The number of pyridine rings is 1.